The number of halogens is 4. The molecule has 2 fully saturated rings. The van der Waals surface area contributed by atoms with Crippen LogP contribution in [0.2, 0.25) is 0 Å². The summed E-state index contributed by atoms with van der Waals surface area (Å²) in [4.78, 5) is 37.9. The average Bonchev–Trinajstić information content (AvgIpc) is 2.50. The molecule has 2 unspecified atom stereocenters. The lowest BCUT2D eigenvalue weighted by Gasteiger charge is -2.38. The number of hydrogen-bond donors (Lipinski definition) is 0. The molecule has 8 nitrogen and oxygen atoms in total. The van der Waals surface area contributed by atoms with Gasteiger partial charge in [0.15, 0.2) is 6.04 Å². The van der Waals surface area contributed by atoms with Gasteiger partial charge in [-0.25, -0.2) is 13.5 Å². The minimum Gasteiger partial charge on any atom is -0.264 e. The molecule has 96 valence electrons. The number of fused-ring (bicyclic) bond motifs is 1. The van der Waals surface area contributed by atoms with Crippen molar-refractivity contribution in [1.82, 2.24) is 17.8 Å². The van der Waals surface area contributed by atoms with Crippen LogP contribution in [-0.2, 0) is 4.79 Å². The van der Waals surface area contributed by atoms with E-state index in [9.17, 15) is 14.4 Å². The maximum absolute atomic E-state index is 11.9. The van der Waals surface area contributed by atoms with Crippen molar-refractivity contribution in [1.29, 1.82) is 0 Å². The van der Waals surface area contributed by atoms with Gasteiger partial charge in [-0.05, 0) is 0 Å². The third kappa shape index (κ3) is 1.34. The summed E-state index contributed by atoms with van der Waals surface area (Å²) < 4.78 is 1.44. The molecule has 2 rings (SSSR count). The zero-order chi connectivity index (χ0) is 13.8. The highest BCUT2D eigenvalue weighted by atomic mass is 79.9. The van der Waals surface area contributed by atoms with Crippen LogP contribution in [0.3, 0.4) is 0 Å². The van der Waals surface area contributed by atoms with Gasteiger partial charge >= 0.3 is 18.0 Å². The second-order valence-electron chi connectivity index (χ2n) is 3.23. The maximum Gasteiger partial charge on any atom is 0.413 e. The number of hydrogen-bond acceptors (Lipinski definition) is 3. The van der Waals surface area contributed by atoms with E-state index in [2.05, 4.69) is 21.1 Å². The third-order valence-corrected chi connectivity index (χ3v) is 4.60. The molecule has 0 N–H and O–H groups in total. The van der Waals surface area contributed by atoms with Crippen molar-refractivity contribution in [3.05, 3.63) is 11.5 Å². The lowest BCUT2D eigenvalue weighted by atomic mass is 10.2. The molecule has 0 spiro atoms. The van der Waals surface area contributed by atoms with Crippen LogP contribution in [0.5, 0.6) is 0 Å². The van der Waals surface area contributed by atoms with E-state index in [4.69, 9.17) is 41.7 Å². The SMILES string of the molecule is [C-]#[N+]N1C(=O)C2N(Br)C(=O)N(Cl)C2(Cl)N(Cl)C1=O. The number of imide groups is 1. The molecular weight excluding hydrogens is 376 g/mol. The molecule has 0 aromatic heterocycles. The fourth-order valence-electron chi connectivity index (χ4n) is 1.54. The number of nitrogens with zero attached hydrogens (tertiary/aromatic N) is 5. The molecule has 12 heteroatoms. The summed E-state index contributed by atoms with van der Waals surface area (Å²) in [7, 11) is 0. The molecule has 0 saturated carbocycles. The Kier molecular flexibility index (Phi) is 3.02. The first-order valence-corrected chi connectivity index (χ1v) is 5.90. The number of carbonyl (C=O) groups excluding carboxylic acids is 3. The molecular formula is C6HBrCl3N5O3. The van der Waals surface area contributed by atoms with Gasteiger partial charge in [-0.15, -0.1) is 4.95 Å². The van der Waals surface area contributed by atoms with Gasteiger partial charge in [0, 0.05) is 23.6 Å². The Morgan fingerprint density at radius 1 is 1.22 bits per heavy atom. The predicted molar refractivity (Wildman–Crippen MR) is 62.8 cm³/mol. The molecule has 2 aliphatic heterocycles. The summed E-state index contributed by atoms with van der Waals surface area (Å²) in [5, 5.41) is -1.95. The van der Waals surface area contributed by atoms with E-state index in [0.717, 1.165) is 3.93 Å². The van der Waals surface area contributed by atoms with Gasteiger partial charge in [0.05, 0.1) is 21.2 Å². The molecule has 5 amide bonds. The first-order chi connectivity index (χ1) is 8.28. The lowest BCUT2D eigenvalue weighted by Crippen LogP contribution is -2.67. The van der Waals surface area contributed by atoms with Crippen molar-refractivity contribution in [2.24, 2.45) is 0 Å². The molecule has 0 aromatic carbocycles. The van der Waals surface area contributed by atoms with Crippen LogP contribution < -0.4 is 0 Å². The topological polar surface area (TPSA) is 68.5 Å². The Hall–Kier alpha value is -0.950. The zero-order valence-electron chi connectivity index (χ0n) is 8.05. The number of amides is 5. The van der Waals surface area contributed by atoms with Crippen LogP contribution in [0.4, 0.5) is 9.59 Å². The van der Waals surface area contributed by atoms with E-state index in [-0.39, 0.29) is 5.01 Å². The highest BCUT2D eigenvalue weighted by Crippen LogP contribution is 2.47. The second kappa shape index (κ2) is 4.03. The van der Waals surface area contributed by atoms with Gasteiger partial charge in [0.25, 0.3) is 5.12 Å². The second-order valence-corrected chi connectivity index (χ2v) is 5.22. The molecule has 2 heterocycles. The minimum absolute atomic E-state index is 0.163. The molecule has 2 aliphatic rings. The van der Waals surface area contributed by atoms with Crippen LogP contribution in [0.25, 0.3) is 4.95 Å². The third-order valence-electron chi connectivity index (χ3n) is 2.37. The van der Waals surface area contributed by atoms with Gasteiger partial charge in [0.1, 0.15) is 0 Å². The van der Waals surface area contributed by atoms with Gasteiger partial charge in [-0.1, -0.05) is 11.6 Å². The van der Waals surface area contributed by atoms with Gasteiger partial charge in [-0.3, -0.25) is 4.79 Å². The van der Waals surface area contributed by atoms with Crippen molar-refractivity contribution >= 4 is 69.3 Å². The molecule has 18 heavy (non-hydrogen) atoms. The van der Waals surface area contributed by atoms with Gasteiger partial charge in [-0.2, -0.15) is 15.4 Å². The van der Waals surface area contributed by atoms with E-state index >= 15 is 0 Å². The van der Waals surface area contributed by atoms with Crippen molar-refractivity contribution in [2.75, 3.05) is 0 Å². The van der Waals surface area contributed by atoms with Crippen molar-refractivity contribution in [2.45, 2.75) is 11.2 Å². The Balaban J connectivity index is 2.60. The number of carbonyl (C=O) groups is 3. The summed E-state index contributed by atoms with van der Waals surface area (Å²) in [6.07, 6.45) is 0. The summed E-state index contributed by atoms with van der Waals surface area (Å²) in [6, 6.07) is -3.53. The van der Waals surface area contributed by atoms with Crippen molar-refractivity contribution < 1.29 is 14.4 Å². The Bertz CT molecular complexity index is 511. The Labute approximate surface area is 124 Å². The number of urea groups is 2. The van der Waals surface area contributed by atoms with E-state index in [0.29, 0.717) is 8.84 Å². The van der Waals surface area contributed by atoms with Gasteiger partial charge < -0.3 is 0 Å². The first kappa shape index (κ1) is 13.5. The van der Waals surface area contributed by atoms with Crippen LogP contribution in [0.1, 0.15) is 0 Å². The van der Waals surface area contributed by atoms with Crippen LogP contribution in [0.15, 0.2) is 0 Å². The number of alkyl halides is 1. The van der Waals surface area contributed by atoms with E-state index in [1.807, 2.05) is 0 Å². The van der Waals surface area contributed by atoms with Crippen molar-refractivity contribution in [3.63, 3.8) is 0 Å². The van der Waals surface area contributed by atoms with Crippen LogP contribution in [-0.4, -0.2) is 46.9 Å². The lowest BCUT2D eigenvalue weighted by molar-refractivity contribution is -0.134. The molecule has 0 radical (unpaired) electrons. The maximum atomic E-state index is 11.9. The monoisotopic (exact) mass is 375 g/mol. The zero-order valence-corrected chi connectivity index (χ0v) is 11.9. The quantitative estimate of drug-likeness (QED) is 0.279. The Morgan fingerprint density at radius 2 is 1.72 bits per heavy atom. The molecule has 2 atom stereocenters. The summed E-state index contributed by atoms with van der Waals surface area (Å²) in [6.45, 7) is 6.74. The standard InChI is InChI=1S/C6HBrCl3N5O3/c1-11-13-3(16)2-6(8,15(10)5(13)18)14(9)4(17)12(2)7/h2H. The Morgan fingerprint density at radius 3 is 2.22 bits per heavy atom. The smallest absolute Gasteiger partial charge is 0.264 e. The summed E-state index contributed by atoms with van der Waals surface area (Å²) in [5.74, 6) is -1.02. The van der Waals surface area contributed by atoms with Gasteiger partial charge in [0.2, 0.25) is 0 Å². The number of rotatable bonds is 0. The molecule has 0 aliphatic carbocycles. The summed E-state index contributed by atoms with van der Waals surface area (Å²) in [5.41, 5.74) is 0. The van der Waals surface area contributed by atoms with E-state index < -0.39 is 29.1 Å². The average molecular weight is 377 g/mol. The largest absolute Gasteiger partial charge is 0.413 e. The molecule has 0 aromatic rings. The fourth-order valence-corrected chi connectivity index (χ4v) is 3.23. The highest BCUT2D eigenvalue weighted by Gasteiger charge is 2.71. The molecule has 0 bridgehead atoms. The van der Waals surface area contributed by atoms with Crippen LogP contribution in [0, 0.1) is 6.57 Å². The van der Waals surface area contributed by atoms with Crippen LogP contribution >= 0.6 is 51.3 Å². The molecule has 2 saturated heterocycles. The van der Waals surface area contributed by atoms with Crippen molar-refractivity contribution in [3.8, 4) is 0 Å². The van der Waals surface area contributed by atoms with E-state index in [1.165, 1.54) is 0 Å². The normalized spacial score (nSPS) is 31.9. The fraction of sp³-hybridized carbons (Fsp3) is 0.333. The van der Waals surface area contributed by atoms with E-state index in [1.54, 1.807) is 0 Å². The highest BCUT2D eigenvalue weighted by molar-refractivity contribution is 9.07. The minimum atomic E-state index is -2.11. The first-order valence-electron chi connectivity index (χ1n) is 4.13. The summed E-state index contributed by atoms with van der Waals surface area (Å²) >= 11 is 20.1. The predicted octanol–water partition coefficient (Wildman–Crippen LogP) is 1.70.